The van der Waals surface area contributed by atoms with E-state index in [4.69, 9.17) is 9.84 Å². The van der Waals surface area contributed by atoms with Crippen molar-refractivity contribution in [2.75, 3.05) is 0 Å². The molecule has 1 aromatic heterocycles. The van der Waals surface area contributed by atoms with E-state index in [-0.39, 0.29) is 11.6 Å². The van der Waals surface area contributed by atoms with Crippen LogP contribution in [0.2, 0.25) is 0 Å². The molecule has 0 aliphatic heterocycles. The van der Waals surface area contributed by atoms with Gasteiger partial charge < -0.3 is 9.84 Å². The number of aromatic carboxylic acids is 1. The third-order valence-corrected chi connectivity index (χ3v) is 2.21. The van der Waals surface area contributed by atoms with Crippen LogP contribution in [-0.4, -0.2) is 21.0 Å². The summed E-state index contributed by atoms with van der Waals surface area (Å²) in [6, 6.07) is 4.12. The standard InChI is InChI=1S/C12H9FN2O3/c1-7-2-3-8(13)4-10(7)18-11-6-14-9(5-15-11)12(16)17/h2-6H,1H3,(H,16,17). The molecule has 1 heterocycles. The quantitative estimate of drug-likeness (QED) is 0.902. The smallest absolute Gasteiger partial charge is 0.356 e. The zero-order chi connectivity index (χ0) is 13.1. The van der Waals surface area contributed by atoms with E-state index in [1.54, 1.807) is 13.0 Å². The Balaban J connectivity index is 2.23. The molecule has 0 atom stereocenters. The van der Waals surface area contributed by atoms with Crippen molar-refractivity contribution >= 4 is 5.97 Å². The first-order valence-corrected chi connectivity index (χ1v) is 5.05. The summed E-state index contributed by atoms with van der Waals surface area (Å²) < 4.78 is 18.3. The van der Waals surface area contributed by atoms with Crippen LogP contribution in [0.3, 0.4) is 0 Å². The van der Waals surface area contributed by atoms with Gasteiger partial charge >= 0.3 is 5.97 Å². The number of aryl methyl sites for hydroxylation is 1. The second kappa shape index (κ2) is 4.79. The van der Waals surface area contributed by atoms with Gasteiger partial charge in [-0.25, -0.2) is 19.2 Å². The first kappa shape index (κ1) is 12.0. The fourth-order valence-electron chi connectivity index (χ4n) is 1.28. The molecule has 0 fully saturated rings. The van der Waals surface area contributed by atoms with Gasteiger partial charge in [0.2, 0.25) is 5.88 Å². The van der Waals surface area contributed by atoms with Crippen LogP contribution in [0.15, 0.2) is 30.6 Å². The lowest BCUT2D eigenvalue weighted by atomic mass is 10.2. The van der Waals surface area contributed by atoms with E-state index in [0.717, 1.165) is 11.8 Å². The lowest BCUT2D eigenvalue weighted by Gasteiger charge is -2.07. The fraction of sp³-hybridized carbons (Fsp3) is 0.0833. The van der Waals surface area contributed by atoms with Gasteiger partial charge in [0, 0.05) is 6.07 Å². The number of nitrogens with zero attached hydrogens (tertiary/aromatic N) is 2. The van der Waals surface area contributed by atoms with Crippen LogP contribution in [0.4, 0.5) is 4.39 Å². The van der Waals surface area contributed by atoms with E-state index in [0.29, 0.717) is 5.75 Å². The van der Waals surface area contributed by atoms with Crippen molar-refractivity contribution in [3.63, 3.8) is 0 Å². The molecule has 0 bridgehead atoms. The zero-order valence-corrected chi connectivity index (χ0v) is 9.42. The molecule has 0 unspecified atom stereocenters. The predicted molar refractivity (Wildman–Crippen MR) is 60.2 cm³/mol. The first-order valence-electron chi connectivity index (χ1n) is 5.05. The Morgan fingerprint density at radius 1 is 1.33 bits per heavy atom. The number of aromatic nitrogens is 2. The molecule has 0 aliphatic carbocycles. The highest BCUT2D eigenvalue weighted by atomic mass is 19.1. The fourth-order valence-corrected chi connectivity index (χ4v) is 1.28. The topological polar surface area (TPSA) is 72.3 Å². The van der Waals surface area contributed by atoms with Gasteiger partial charge in [-0.2, -0.15) is 0 Å². The minimum absolute atomic E-state index is 0.105. The normalized spacial score (nSPS) is 10.1. The molecule has 5 nitrogen and oxygen atoms in total. The van der Waals surface area contributed by atoms with Crippen LogP contribution >= 0.6 is 0 Å². The van der Waals surface area contributed by atoms with E-state index < -0.39 is 11.8 Å². The van der Waals surface area contributed by atoms with Crippen LogP contribution in [0.5, 0.6) is 11.6 Å². The predicted octanol–water partition coefficient (Wildman–Crippen LogP) is 2.41. The Hall–Kier alpha value is -2.50. The van der Waals surface area contributed by atoms with E-state index >= 15 is 0 Å². The summed E-state index contributed by atoms with van der Waals surface area (Å²) in [5.74, 6) is -1.18. The van der Waals surface area contributed by atoms with Gasteiger partial charge in [-0.15, -0.1) is 0 Å². The van der Waals surface area contributed by atoms with Crippen LogP contribution in [0.1, 0.15) is 16.1 Å². The number of carbonyl (C=O) groups is 1. The van der Waals surface area contributed by atoms with Gasteiger partial charge in [-0.05, 0) is 18.6 Å². The average molecular weight is 248 g/mol. The van der Waals surface area contributed by atoms with Crippen LogP contribution in [-0.2, 0) is 0 Å². The van der Waals surface area contributed by atoms with Gasteiger partial charge in [0.1, 0.15) is 11.6 Å². The Bertz CT molecular complexity index is 584. The number of benzene rings is 1. The maximum Gasteiger partial charge on any atom is 0.356 e. The maximum absolute atomic E-state index is 13.0. The molecule has 2 aromatic rings. The SMILES string of the molecule is Cc1ccc(F)cc1Oc1cnc(C(=O)O)cn1. The number of carboxylic acid groups (broad SMARTS) is 1. The average Bonchev–Trinajstić information content (AvgIpc) is 2.34. The summed E-state index contributed by atoms with van der Waals surface area (Å²) in [4.78, 5) is 18.0. The molecule has 0 saturated heterocycles. The molecule has 0 radical (unpaired) electrons. The monoisotopic (exact) mass is 248 g/mol. The molecule has 1 N–H and O–H groups in total. The zero-order valence-electron chi connectivity index (χ0n) is 9.42. The van der Waals surface area contributed by atoms with E-state index in [9.17, 15) is 9.18 Å². The summed E-state index contributed by atoms with van der Waals surface area (Å²) in [5, 5.41) is 8.65. The second-order valence-electron chi connectivity index (χ2n) is 3.56. The number of hydrogen-bond acceptors (Lipinski definition) is 4. The van der Waals surface area contributed by atoms with Crippen molar-refractivity contribution < 1.29 is 19.0 Å². The van der Waals surface area contributed by atoms with Crippen molar-refractivity contribution in [2.24, 2.45) is 0 Å². The Kier molecular flexibility index (Phi) is 3.18. The molecule has 0 amide bonds. The first-order chi connectivity index (χ1) is 8.56. The molecule has 0 spiro atoms. The molecule has 18 heavy (non-hydrogen) atoms. The third kappa shape index (κ3) is 2.60. The summed E-state index contributed by atoms with van der Waals surface area (Å²) >= 11 is 0. The minimum Gasteiger partial charge on any atom is -0.476 e. The van der Waals surface area contributed by atoms with Crippen molar-refractivity contribution in [2.45, 2.75) is 6.92 Å². The molecule has 92 valence electrons. The van der Waals surface area contributed by atoms with Gasteiger partial charge in [0.05, 0.1) is 12.4 Å². The van der Waals surface area contributed by atoms with E-state index in [1.807, 2.05) is 0 Å². The lowest BCUT2D eigenvalue weighted by molar-refractivity contribution is 0.0690. The van der Waals surface area contributed by atoms with Gasteiger partial charge in [-0.3, -0.25) is 0 Å². The lowest BCUT2D eigenvalue weighted by Crippen LogP contribution is -2.01. The summed E-state index contributed by atoms with van der Waals surface area (Å²) in [5.41, 5.74) is 0.554. The number of halogens is 1. The molecular weight excluding hydrogens is 239 g/mol. The molecule has 2 rings (SSSR count). The van der Waals surface area contributed by atoms with Crippen LogP contribution < -0.4 is 4.74 Å². The van der Waals surface area contributed by atoms with Crippen molar-refractivity contribution in [1.82, 2.24) is 9.97 Å². The van der Waals surface area contributed by atoms with Crippen molar-refractivity contribution in [1.29, 1.82) is 0 Å². The molecular formula is C12H9FN2O3. The highest BCUT2D eigenvalue weighted by Crippen LogP contribution is 2.23. The Morgan fingerprint density at radius 3 is 2.72 bits per heavy atom. The molecule has 0 saturated carbocycles. The molecule has 6 heteroatoms. The summed E-state index contributed by atoms with van der Waals surface area (Å²) in [6.45, 7) is 1.76. The molecule has 1 aromatic carbocycles. The van der Waals surface area contributed by atoms with Crippen molar-refractivity contribution in [3.05, 3.63) is 47.7 Å². The number of ether oxygens (including phenoxy) is 1. The maximum atomic E-state index is 13.0. The van der Waals surface area contributed by atoms with Crippen LogP contribution in [0.25, 0.3) is 0 Å². The highest BCUT2D eigenvalue weighted by molar-refractivity contribution is 5.84. The van der Waals surface area contributed by atoms with E-state index in [1.165, 1.54) is 18.3 Å². The second-order valence-corrected chi connectivity index (χ2v) is 3.56. The molecule has 0 aliphatic rings. The number of rotatable bonds is 3. The summed E-state index contributed by atoms with van der Waals surface area (Å²) in [6.07, 6.45) is 2.25. The minimum atomic E-state index is -1.17. The largest absolute Gasteiger partial charge is 0.476 e. The highest BCUT2D eigenvalue weighted by Gasteiger charge is 2.07. The third-order valence-electron chi connectivity index (χ3n) is 2.21. The van der Waals surface area contributed by atoms with Crippen molar-refractivity contribution in [3.8, 4) is 11.6 Å². The van der Waals surface area contributed by atoms with Gasteiger partial charge in [0.25, 0.3) is 0 Å². The van der Waals surface area contributed by atoms with Gasteiger partial charge in [0.15, 0.2) is 5.69 Å². The Labute approximate surface area is 102 Å². The number of hydrogen-bond donors (Lipinski definition) is 1. The number of carboxylic acids is 1. The van der Waals surface area contributed by atoms with Gasteiger partial charge in [-0.1, -0.05) is 6.07 Å². The Morgan fingerprint density at radius 2 is 2.11 bits per heavy atom. The summed E-state index contributed by atoms with van der Waals surface area (Å²) in [7, 11) is 0. The van der Waals surface area contributed by atoms with Crippen LogP contribution in [0, 0.1) is 12.7 Å². The van der Waals surface area contributed by atoms with E-state index in [2.05, 4.69) is 9.97 Å².